The molecule has 10 heteroatoms. The minimum absolute atomic E-state index is 0.0483. The smallest absolute Gasteiger partial charge is 0.239 e. The normalized spacial score (nSPS) is 25.6. The molecule has 4 aliphatic rings. The molecular formula is C47H75N3O7. The van der Waals surface area contributed by atoms with Crippen molar-refractivity contribution in [1.82, 2.24) is 9.80 Å². The van der Waals surface area contributed by atoms with Gasteiger partial charge in [-0.15, -0.1) is 6.58 Å². The van der Waals surface area contributed by atoms with Gasteiger partial charge in [-0.25, -0.2) is 0 Å². The molecule has 2 N–H and O–H groups in total. The Hall–Kier alpha value is -2.92. The zero-order valence-corrected chi connectivity index (χ0v) is 35.6. The number of aliphatic hydroxyl groups is 2. The van der Waals surface area contributed by atoms with Gasteiger partial charge in [0, 0.05) is 63.7 Å². The number of amides is 1. The van der Waals surface area contributed by atoms with Crippen LogP contribution in [-0.2, 0) is 14.4 Å². The Bertz CT molecular complexity index is 1450. The van der Waals surface area contributed by atoms with Crippen molar-refractivity contribution in [3.63, 3.8) is 0 Å². The fraction of sp³-hybridized carbons (Fsp3) is 0.745. The lowest BCUT2D eigenvalue weighted by Gasteiger charge is -2.60. The van der Waals surface area contributed by atoms with E-state index >= 15 is 0 Å². The van der Waals surface area contributed by atoms with Gasteiger partial charge in [0.15, 0.2) is 0 Å². The lowest BCUT2D eigenvalue weighted by atomic mass is 9.55. The molecule has 0 unspecified atom stereocenters. The van der Waals surface area contributed by atoms with Crippen LogP contribution in [0.2, 0.25) is 0 Å². The first-order valence-electron chi connectivity index (χ1n) is 22.7. The van der Waals surface area contributed by atoms with E-state index < -0.39 is 11.8 Å². The first kappa shape index (κ1) is 45.2. The van der Waals surface area contributed by atoms with Gasteiger partial charge in [0.1, 0.15) is 31.3 Å². The second-order valence-electron chi connectivity index (χ2n) is 16.8. The summed E-state index contributed by atoms with van der Waals surface area (Å²) in [4.78, 5) is 24.6. The number of rotatable bonds is 29. The number of fused-ring (bicyclic) bond motifs is 2. The maximum atomic E-state index is 14.6. The molecule has 0 radical (unpaired) electrons. The highest BCUT2D eigenvalue weighted by Crippen LogP contribution is 2.62. The third kappa shape index (κ3) is 11.9. The van der Waals surface area contributed by atoms with Gasteiger partial charge in [0.2, 0.25) is 11.7 Å². The number of carbonyl (C=O) groups excluding carboxylic acids is 1. The summed E-state index contributed by atoms with van der Waals surface area (Å²) in [6, 6.07) is 5.78. The number of carbonyl (C=O) groups is 1. The first-order chi connectivity index (χ1) is 28.0. The molecule has 57 heavy (non-hydrogen) atoms. The van der Waals surface area contributed by atoms with Gasteiger partial charge in [-0.2, -0.15) is 0 Å². The lowest BCUT2D eigenvalue weighted by molar-refractivity contribution is -0.257. The van der Waals surface area contributed by atoms with E-state index in [1.165, 1.54) is 38.5 Å². The highest BCUT2D eigenvalue weighted by Gasteiger charge is 2.65. The van der Waals surface area contributed by atoms with Crippen molar-refractivity contribution in [2.24, 2.45) is 22.9 Å². The average molecular weight is 794 g/mol. The van der Waals surface area contributed by atoms with Crippen molar-refractivity contribution in [2.75, 3.05) is 59.7 Å². The Balaban J connectivity index is 1.56. The van der Waals surface area contributed by atoms with E-state index in [-0.39, 0.29) is 49.4 Å². The molecule has 0 bridgehead atoms. The molecule has 1 saturated carbocycles. The van der Waals surface area contributed by atoms with E-state index in [0.717, 1.165) is 112 Å². The number of oxime groups is 1. The van der Waals surface area contributed by atoms with Crippen LogP contribution in [0.25, 0.3) is 0 Å². The van der Waals surface area contributed by atoms with Gasteiger partial charge in [-0.1, -0.05) is 95.4 Å². The standard InChI is InChI=1S/C47H75N3O7/c1-5-8-9-10-11-12-13-14-15-22-44(53)50(25-6-2)43-35-41(48-54-4)39-33-36(20-16-18-29-51)38(21-17-19-30-52)45-40-34-37(55-32-28-49-26-27-49)23-24-42(40)57-47(43,46(39)45)56-31-7-3/h7,23-24,33-34,36,38,43,45-46,51-52H,3,5-6,8-22,25-32,35H2,1-2,4H3/t36-,38+,43-,45+,46+,47+/m0/s1. The molecule has 1 amide bonds. The molecule has 2 aliphatic heterocycles. The van der Waals surface area contributed by atoms with Crippen LogP contribution in [-0.4, -0.2) is 103 Å². The summed E-state index contributed by atoms with van der Waals surface area (Å²) >= 11 is 0. The maximum absolute atomic E-state index is 14.6. The fourth-order valence-corrected chi connectivity index (χ4v) is 9.86. The zero-order chi connectivity index (χ0) is 40.5. The largest absolute Gasteiger partial charge is 0.492 e. The number of aliphatic hydroxyl groups excluding tert-OH is 2. The molecule has 10 nitrogen and oxygen atoms in total. The topological polar surface area (TPSA) is 113 Å². The molecule has 6 atom stereocenters. The Labute approximate surface area is 344 Å². The van der Waals surface area contributed by atoms with Gasteiger partial charge in [0.05, 0.1) is 18.2 Å². The van der Waals surface area contributed by atoms with Crippen molar-refractivity contribution in [3.05, 3.63) is 48.1 Å². The number of unbranched alkanes of at least 4 members (excludes halogenated alkanes) is 10. The summed E-state index contributed by atoms with van der Waals surface area (Å²) in [6.45, 7) is 13.4. The highest BCUT2D eigenvalue weighted by molar-refractivity contribution is 6.03. The van der Waals surface area contributed by atoms with E-state index in [1.807, 2.05) is 12.1 Å². The van der Waals surface area contributed by atoms with Crippen molar-refractivity contribution in [3.8, 4) is 11.5 Å². The number of ether oxygens (including phenoxy) is 3. The summed E-state index contributed by atoms with van der Waals surface area (Å²) < 4.78 is 20.8. The second kappa shape index (κ2) is 23.6. The SMILES string of the molecule is C=CCO[C@@]12Oc3ccc(OCCN4CC4)cc3[C@H]3[C@H](CCCCO)[C@@H](CCCCO)C=C(C(=NOC)C[C@@H]1N(CCC)C(=O)CCCCCCCCCCC)[C@H]32. The van der Waals surface area contributed by atoms with E-state index in [1.54, 1.807) is 13.2 Å². The van der Waals surface area contributed by atoms with Gasteiger partial charge in [-0.05, 0) is 74.1 Å². The summed E-state index contributed by atoms with van der Waals surface area (Å²) in [7, 11) is 1.60. The third-order valence-electron chi connectivity index (χ3n) is 12.7. The van der Waals surface area contributed by atoms with Crippen LogP contribution in [0, 0.1) is 17.8 Å². The monoisotopic (exact) mass is 794 g/mol. The molecule has 1 saturated heterocycles. The molecule has 2 aliphatic carbocycles. The summed E-state index contributed by atoms with van der Waals surface area (Å²) in [5.41, 5.74) is 3.00. The van der Waals surface area contributed by atoms with Crippen LogP contribution in [0.4, 0.5) is 0 Å². The van der Waals surface area contributed by atoms with Crippen LogP contribution in [0.15, 0.2) is 47.7 Å². The minimum atomic E-state index is -1.21. The van der Waals surface area contributed by atoms with Crippen LogP contribution in [0.3, 0.4) is 0 Å². The molecule has 2 heterocycles. The van der Waals surface area contributed by atoms with Crippen LogP contribution in [0.1, 0.15) is 141 Å². The lowest BCUT2D eigenvalue weighted by Crippen LogP contribution is -2.70. The van der Waals surface area contributed by atoms with Gasteiger partial charge in [0.25, 0.3) is 0 Å². The molecule has 320 valence electrons. The number of benzene rings is 1. The van der Waals surface area contributed by atoms with Crippen molar-refractivity contribution >= 4 is 11.6 Å². The molecule has 0 spiro atoms. The molecule has 1 aromatic rings. The van der Waals surface area contributed by atoms with Crippen molar-refractivity contribution in [1.29, 1.82) is 0 Å². The molecule has 1 aromatic carbocycles. The average Bonchev–Trinajstić information content (AvgIpc) is 4.05. The fourth-order valence-electron chi connectivity index (χ4n) is 9.86. The van der Waals surface area contributed by atoms with Crippen LogP contribution >= 0.6 is 0 Å². The predicted molar refractivity (Wildman–Crippen MR) is 228 cm³/mol. The highest BCUT2D eigenvalue weighted by atomic mass is 16.7. The predicted octanol–water partition coefficient (Wildman–Crippen LogP) is 8.80. The van der Waals surface area contributed by atoms with Crippen LogP contribution < -0.4 is 9.47 Å². The van der Waals surface area contributed by atoms with E-state index in [9.17, 15) is 15.0 Å². The number of hydrogen-bond acceptors (Lipinski definition) is 9. The summed E-state index contributed by atoms with van der Waals surface area (Å²) in [5, 5.41) is 24.4. The molecular weight excluding hydrogens is 719 g/mol. The minimum Gasteiger partial charge on any atom is -0.492 e. The number of nitrogens with zero attached hydrogens (tertiary/aromatic N) is 3. The first-order valence-corrected chi connectivity index (χ1v) is 22.7. The van der Waals surface area contributed by atoms with Gasteiger partial charge in [-0.3, -0.25) is 9.69 Å². The Morgan fingerprint density at radius 3 is 2.37 bits per heavy atom. The van der Waals surface area contributed by atoms with Gasteiger partial charge >= 0.3 is 0 Å². The number of allylic oxidation sites excluding steroid dienone is 1. The van der Waals surface area contributed by atoms with E-state index in [0.29, 0.717) is 26.0 Å². The third-order valence-corrected chi connectivity index (χ3v) is 12.7. The molecule has 5 rings (SSSR count). The molecule has 2 fully saturated rings. The molecule has 0 aromatic heterocycles. The summed E-state index contributed by atoms with van der Waals surface area (Å²) in [6.07, 6.45) is 21.8. The Kier molecular flexibility index (Phi) is 18.7. The second-order valence-corrected chi connectivity index (χ2v) is 16.8. The van der Waals surface area contributed by atoms with E-state index in [2.05, 4.69) is 42.4 Å². The zero-order valence-electron chi connectivity index (χ0n) is 35.6. The quantitative estimate of drug-likeness (QED) is 0.0359. The van der Waals surface area contributed by atoms with Crippen LogP contribution in [0.5, 0.6) is 11.5 Å². The Morgan fingerprint density at radius 1 is 0.982 bits per heavy atom. The van der Waals surface area contributed by atoms with Crippen molar-refractivity contribution < 1.29 is 34.1 Å². The Morgan fingerprint density at radius 2 is 1.70 bits per heavy atom. The van der Waals surface area contributed by atoms with E-state index in [4.69, 9.17) is 24.2 Å². The summed E-state index contributed by atoms with van der Waals surface area (Å²) in [5.74, 6) is 0.552. The van der Waals surface area contributed by atoms with Crippen molar-refractivity contribution in [2.45, 2.75) is 147 Å². The van der Waals surface area contributed by atoms with Gasteiger partial charge < -0.3 is 34.2 Å². The number of hydrogen-bond donors (Lipinski definition) is 2. The maximum Gasteiger partial charge on any atom is 0.239 e.